The Morgan fingerprint density at radius 2 is 1.75 bits per heavy atom. The van der Waals surface area contributed by atoms with E-state index in [4.69, 9.17) is 0 Å². The third-order valence-electron chi connectivity index (χ3n) is 9.14. The maximum absolute atomic E-state index is 12.8. The van der Waals surface area contributed by atoms with Gasteiger partial charge in [-0.3, -0.25) is 4.79 Å². The van der Waals surface area contributed by atoms with Crippen molar-refractivity contribution in [3.63, 3.8) is 0 Å². The Bertz CT molecular complexity index is 1450. The van der Waals surface area contributed by atoms with Gasteiger partial charge < -0.3 is 15.3 Å². The maximum Gasteiger partial charge on any atom is 0.326 e. The predicted molar refractivity (Wildman–Crippen MR) is 178 cm³/mol. The molecule has 1 aromatic carbocycles. The average Bonchev–Trinajstić information content (AvgIpc) is 3.54. The number of carboxylic acids is 1. The zero-order valence-corrected chi connectivity index (χ0v) is 27.3. The molecule has 3 aromatic rings. The summed E-state index contributed by atoms with van der Waals surface area (Å²) in [6.07, 6.45) is 15.7. The van der Waals surface area contributed by atoms with Crippen LogP contribution in [0.4, 0.5) is 5.69 Å². The third kappa shape index (κ3) is 7.95. The van der Waals surface area contributed by atoms with E-state index in [1.54, 1.807) is 11.6 Å². The van der Waals surface area contributed by atoms with Gasteiger partial charge in [-0.25, -0.2) is 14.8 Å². The fourth-order valence-electron chi connectivity index (χ4n) is 6.47. The van der Waals surface area contributed by atoms with Gasteiger partial charge in [0.15, 0.2) is 5.82 Å². The summed E-state index contributed by atoms with van der Waals surface area (Å²) in [5.74, 6) is 0.923. The molecule has 1 saturated carbocycles. The number of carbonyl (C=O) groups excluding carboxylic acids is 1. The highest BCUT2D eigenvalue weighted by atomic mass is 32.1. The third-order valence-corrected chi connectivity index (χ3v) is 10.6. The van der Waals surface area contributed by atoms with E-state index in [-0.39, 0.29) is 17.7 Å². The standard InChI is InChI=1S/C36H46N4O3S/c1-5-6-24-7-11-26(12-8-24)27-17-19-40(20-18-27)29-22-37-33(38-23-29)28-13-9-25(10-14-28)21-30(35(42)43)39-34(41)31-15-16-32(44-31)36(2,3)4/h9-10,13-17,22-24,26,30H,5-8,11-12,18-21H2,1-4H3,(H,39,41)(H,42,43)/t24-,26-,30-/m0/s1. The zero-order valence-electron chi connectivity index (χ0n) is 26.5. The Hall–Kier alpha value is -3.52. The van der Waals surface area contributed by atoms with Crippen LogP contribution in [0.5, 0.6) is 0 Å². The number of hydrogen-bond donors (Lipinski definition) is 2. The van der Waals surface area contributed by atoms with Crippen LogP contribution in [-0.2, 0) is 16.6 Å². The summed E-state index contributed by atoms with van der Waals surface area (Å²) in [7, 11) is 0. The minimum Gasteiger partial charge on any atom is -0.480 e. The van der Waals surface area contributed by atoms with Crippen molar-refractivity contribution in [1.82, 2.24) is 15.3 Å². The number of aliphatic carboxylic acids is 1. The summed E-state index contributed by atoms with van der Waals surface area (Å²) in [6, 6.07) is 10.2. The zero-order chi connectivity index (χ0) is 31.3. The van der Waals surface area contributed by atoms with E-state index in [1.165, 1.54) is 49.9 Å². The van der Waals surface area contributed by atoms with Crippen LogP contribution in [0.2, 0.25) is 0 Å². The van der Waals surface area contributed by atoms with Crippen molar-refractivity contribution in [2.45, 2.75) is 90.5 Å². The van der Waals surface area contributed by atoms with Crippen molar-refractivity contribution in [3.05, 3.63) is 75.8 Å². The topological polar surface area (TPSA) is 95.4 Å². The Labute approximate surface area is 265 Å². The molecule has 44 heavy (non-hydrogen) atoms. The van der Waals surface area contributed by atoms with Crippen molar-refractivity contribution in [1.29, 1.82) is 0 Å². The summed E-state index contributed by atoms with van der Waals surface area (Å²) >= 11 is 1.40. The molecule has 0 bridgehead atoms. The normalized spacial score (nSPS) is 19.7. The number of thiophene rings is 1. The lowest BCUT2D eigenvalue weighted by atomic mass is 9.76. The van der Waals surface area contributed by atoms with E-state index in [0.29, 0.717) is 10.7 Å². The Kier molecular flexibility index (Phi) is 10.2. The van der Waals surface area contributed by atoms with Crippen molar-refractivity contribution < 1.29 is 14.7 Å². The lowest BCUT2D eigenvalue weighted by molar-refractivity contribution is -0.139. The molecule has 1 atom stereocenters. The van der Waals surface area contributed by atoms with Crippen LogP contribution in [0.3, 0.4) is 0 Å². The van der Waals surface area contributed by atoms with Gasteiger partial charge >= 0.3 is 5.97 Å². The Balaban J connectivity index is 1.15. The van der Waals surface area contributed by atoms with Crippen molar-refractivity contribution in [2.75, 3.05) is 18.0 Å². The van der Waals surface area contributed by atoms with E-state index >= 15 is 0 Å². The van der Waals surface area contributed by atoms with Gasteiger partial charge in [0.2, 0.25) is 0 Å². The maximum atomic E-state index is 12.8. The number of carboxylic acid groups (broad SMARTS) is 1. The molecule has 2 aromatic heterocycles. The number of anilines is 1. The van der Waals surface area contributed by atoms with Gasteiger partial charge in [0, 0.05) is 30.0 Å². The van der Waals surface area contributed by atoms with Gasteiger partial charge in [-0.2, -0.15) is 0 Å². The molecule has 3 heterocycles. The van der Waals surface area contributed by atoms with Gasteiger partial charge in [0.25, 0.3) is 5.91 Å². The molecule has 0 radical (unpaired) electrons. The first kappa shape index (κ1) is 31.9. The Morgan fingerprint density at radius 1 is 1.05 bits per heavy atom. The summed E-state index contributed by atoms with van der Waals surface area (Å²) in [5.41, 5.74) is 4.30. The summed E-state index contributed by atoms with van der Waals surface area (Å²) in [4.78, 5) is 38.0. The lowest BCUT2D eigenvalue weighted by Gasteiger charge is -2.34. The van der Waals surface area contributed by atoms with Gasteiger partial charge in [-0.1, -0.05) is 76.5 Å². The molecule has 8 heteroatoms. The lowest BCUT2D eigenvalue weighted by Crippen LogP contribution is -2.42. The first-order chi connectivity index (χ1) is 21.1. The van der Waals surface area contributed by atoms with Crippen LogP contribution in [0.25, 0.3) is 11.4 Å². The van der Waals surface area contributed by atoms with E-state index in [1.807, 2.05) is 42.7 Å². The van der Waals surface area contributed by atoms with Crippen LogP contribution >= 0.6 is 11.3 Å². The van der Waals surface area contributed by atoms with Crippen LogP contribution in [0.1, 0.15) is 92.8 Å². The minimum absolute atomic E-state index is 0.0667. The molecule has 234 valence electrons. The summed E-state index contributed by atoms with van der Waals surface area (Å²) in [6.45, 7) is 10.5. The largest absolute Gasteiger partial charge is 0.480 e. The average molecular weight is 615 g/mol. The van der Waals surface area contributed by atoms with Gasteiger partial charge in [-0.15, -0.1) is 11.3 Å². The molecule has 5 rings (SSSR count). The highest BCUT2D eigenvalue weighted by molar-refractivity contribution is 7.14. The quantitative estimate of drug-likeness (QED) is 0.228. The van der Waals surface area contributed by atoms with Crippen LogP contribution < -0.4 is 10.2 Å². The molecule has 0 saturated heterocycles. The first-order valence-corrected chi connectivity index (χ1v) is 16.9. The number of carbonyl (C=O) groups is 2. The highest BCUT2D eigenvalue weighted by Gasteiger charge is 2.26. The van der Waals surface area contributed by atoms with E-state index in [9.17, 15) is 14.7 Å². The second-order valence-electron chi connectivity index (χ2n) is 13.4. The number of rotatable bonds is 10. The molecular weight excluding hydrogens is 568 g/mol. The minimum atomic E-state index is -1.06. The predicted octanol–water partition coefficient (Wildman–Crippen LogP) is 7.67. The first-order valence-electron chi connectivity index (χ1n) is 16.1. The number of amides is 1. The van der Waals surface area contributed by atoms with E-state index in [0.717, 1.165) is 53.0 Å². The van der Waals surface area contributed by atoms with Gasteiger partial charge in [0.1, 0.15) is 6.04 Å². The smallest absolute Gasteiger partial charge is 0.326 e. The monoisotopic (exact) mass is 614 g/mol. The number of nitrogens with zero attached hydrogens (tertiary/aromatic N) is 3. The molecule has 0 spiro atoms. The van der Waals surface area contributed by atoms with Crippen LogP contribution in [0.15, 0.2) is 60.4 Å². The molecule has 1 aliphatic heterocycles. The van der Waals surface area contributed by atoms with Crippen molar-refractivity contribution >= 4 is 28.9 Å². The number of nitrogens with one attached hydrogen (secondary N) is 1. The molecule has 2 N–H and O–H groups in total. The van der Waals surface area contributed by atoms with Gasteiger partial charge in [0.05, 0.1) is 23.0 Å². The Morgan fingerprint density at radius 3 is 2.32 bits per heavy atom. The molecule has 0 unspecified atom stereocenters. The van der Waals surface area contributed by atoms with E-state index in [2.05, 4.69) is 54.0 Å². The number of benzene rings is 1. The molecular formula is C36H46N4O3S. The van der Waals surface area contributed by atoms with Crippen LogP contribution in [-0.4, -0.2) is 46.1 Å². The fourth-order valence-corrected chi connectivity index (χ4v) is 7.44. The number of hydrogen-bond acceptors (Lipinski definition) is 6. The second kappa shape index (κ2) is 14.1. The molecule has 7 nitrogen and oxygen atoms in total. The molecule has 1 fully saturated rings. The van der Waals surface area contributed by atoms with E-state index < -0.39 is 12.0 Å². The summed E-state index contributed by atoms with van der Waals surface area (Å²) in [5, 5.41) is 12.5. The summed E-state index contributed by atoms with van der Waals surface area (Å²) < 4.78 is 0. The van der Waals surface area contributed by atoms with Crippen LogP contribution in [0, 0.1) is 11.8 Å². The number of aromatic nitrogens is 2. The van der Waals surface area contributed by atoms with Crippen molar-refractivity contribution in [3.8, 4) is 11.4 Å². The van der Waals surface area contributed by atoms with Gasteiger partial charge in [-0.05, 0) is 67.1 Å². The fraction of sp³-hybridized carbons (Fsp3) is 0.500. The highest BCUT2D eigenvalue weighted by Crippen LogP contribution is 2.37. The second-order valence-corrected chi connectivity index (χ2v) is 14.5. The van der Waals surface area contributed by atoms with Crippen molar-refractivity contribution in [2.24, 2.45) is 11.8 Å². The molecule has 1 aliphatic carbocycles. The molecule has 2 aliphatic rings. The SMILES string of the molecule is CCC[C@H]1CC[C@H](C2=CCN(c3cnc(-c4ccc(C[C@H](NC(=O)c5ccc(C(C)(C)C)s5)C(=O)O)cc4)nc3)CC2)CC1. The molecule has 1 amide bonds.